The van der Waals surface area contributed by atoms with Gasteiger partial charge in [-0.2, -0.15) is 0 Å². The number of ether oxygens (including phenoxy) is 1. The minimum atomic E-state index is -0.155. The van der Waals surface area contributed by atoms with Crippen LogP contribution in [-0.4, -0.2) is 5.84 Å². The highest BCUT2D eigenvalue weighted by Gasteiger charge is 2.39. The zero-order valence-corrected chi connectivity index (χ0v) is 31.3. The van der Waals surface area contributed by atoms with E-state index in [0.717, 1.165) is 45.3 Å². The van der Waals surface area contributed by atoms with E-state index in [9.17, 15) is 0 Å². The molecule has 11 rings (SSSR count). The maximum Gasteiger partial charge on any atom is 0.157 e. The molecule has 8 aromatic rings. The molecule has 8 aromatic carbocycles. The summed E-state index contributed by atoms with van der Waals surface area (Å²) in [6.45, 7) is 4.78. The van der Waals surface area contributed by atoms with Crippen LogP contribution in [0.4, 0.5) is 0 Å². The Morgan fingerprint density at radius 1 is 0.518 bits per heavy atom. The standard InChI is InChI=1S/C53H38N2O/c1-53(2)45-32-39(29-30-42(45)47-44(36-13-5-3-6-14-36)31-40-17-9-10-18-41(40)48(47)53)35-23-21-33(22-24-35)34-25-27-38(28-26-34)52-54-49(37-15-7-4-8-16-37)51-50(55-52)43-19-11-12-20-46(43)56-51/h3-32,50H,1-2H3,(H,54,55). The Balaban J connectivity index is 0.906. The summed E-state index contributed by atoms with van der Waals surface area (Å²) in [5, 5.41) is 6.31. The van der Waals surface area contributed by atoms with Crippen LogP contribution in [0.3, 0.4) is 0 Å². The topological polar surface area (TPSA) is 33.6 Å². The van der Waals surface area contributed by atoms with Crippen LogP contribution in [0.5, 0.6) is 5.75 Å². The smallest absolute Gasteiger partial charge is 0.157 e. The van der Waals surface area contributed by atoms with E-state index >= 15 is 0 Å². The van der Waals surface area contributed by atoms with Gasteiger partial charge in [0.15, 0.2) is 5.76 Å². The van der Waals surface area contributed by atoms with Crippen molar-refractivity contribution in [3.63, 3.8) is 0 Å². The van der Waals surface area contributed by atoms with Crippen molar-refractivity contribution in [2.75, 3.05) is 0 Å². The Kier molecular flexibility index (Phi) is 7.27. The molecular weight excluding hydrogens is 681 g/mol. The minimum Gasteiger partial charge on any atom is -0.456 e. The van der Waals surface area contributed by atoms with Crippen molar-refractivity contribution in [3.05, 3.63) is 216 Å². The molecule has 0 amide bonds. The number of para-hydroxylation sites is 1. The summed E-state index contributed by atoms with van der Waals surface area (Å²) in [4.78, 5) is 5.14. The molecule has 0 saturated heterocycles. The largest absolute Gasteiger partial charge is 0.456 e. The lowest BCUT2D eigenvalue weighted by atomic mass is 9.79. The van der Waals surface area contributed by atoms with Gasteiger partial charge in [-0.05, 0) is 84.6 Å². The van der Waals surface area contributed by atoms with Crippen LogP contribution in [0.15, 0.2) is 193 Å². The molecule has 0 fully saturated rings. The van der Waals surface area contributed by atoms with Crippen LogP contribution in [0, 0.1) is 0 Å². The summed E-state index contributed by atoms with van der Waals surface area (Å²) in [7, 11) is 0. The van der Waals surface area contributed by atoms with Crippen LogP contribution in [-0.2, 0) is 5.41 Å². The van der Waals surface area contributed by atoms with E-state index in [0.29, 0.717) is 0 Å². The molecule has 0 aromatic heterocycles. The first-order valence-electron chi connectivity index (χ1n) is 19.4. The zero-order valence-electron chi connectivity index (χ0n) is 31.3. The molecule has 3 nitrogen and oxygen atoms in total. The van der Waals surface area contributed by atoms with Crippen LogP contribution in [0.1, 0.15) is 47.7 Å². The molecule has 3 aliphatic rings. The quantitative estimate of drug-likeness (QED) is 0.192. The first-order chi connectivity index (χ1) is 27.5. The van der Waals surface area contributed by atoms with Gasteiger partial charge in [-0.1, -0.05) is 178 Å². The number of nitrogens with one attached hydrogen (secondary N) is 1. The average molecular weight is 719 g/mol. The Bertz CT molecular complexity index is 2900. The molecule has 3 heteroatoms. The highest BCUT2D eigenvalue weighted by atomic mass is 16.5. The number of nitrogens with zero attached hydrogens (tertiary/aromatic N) is 1. The zero-order chi connectivity index (χ0) is 37.4. The molecule has 1 unspecified atom stereocenters. The van der Waals surface area contributed by atoms with Gasteiger partial charge in [0.05, 0.1) is 0 Å². The summed E-state index contributed by atoms with van der Waals surface area (Å²) in [6.07, 6.45) is 0. The molecule has 0 spiro atoms. The third-order valence-electron chi connectivity index (χ3n) is 11.9. The summed E-state index contributed by atoms with van der Waals surface area (Å²) >= 11 is 0. The molecule has 1 aliphatic carbocycles. The van der Waals surface area contributed by atoms with Gasteiger partial charge in [0.2, 0.25) is 0 Å². The molecule has 266 valence electrons. The maximum atomic E-state index is 6.37. The molecule has 1 atom stereocenters. The van der Waals surface area contributed by atoms with Crippen LogP contribution in [0.25, 0.3) is 61.0 Å². The van der Waals surface area contributed by atoms with Gasteiger partial charge in [0.25, 0.3) is 0 Å². The number of amidine groups is 1. The molecule has 1 N–H and O–H groups in total. The maximum absolute atomic E-state index is 6.37. The number of hydrogen-bond acceptors (Lipinski definition) is 3. The summed E-state index contributed by atoms with van der Waals surface area (Å²) in [5.74, 6) is 2.56. The Hall–Kier alpha value is -6.97. The molecular formula is C53H38N2O. The number of fused-ring (bicyclic) bond motifs is 8. The van der Waals surface area contributed by atoms with Gasteiger partial charge in [-0.15, -0.1) is 0 Å². The third-order valence-corrected chi connectivity index (χ3v) is 11.9. The predicted molar refractivity (Wildman–Crippen MR) is 231 cm³/mol. The van der Waals surface area contributed by atoms with Gasteiger partial charge in [0.1, 0.15) is 23.3 Å². The predicted octanol–water partition coefficient (Wildman–Crippen LogP) is 13.0. The summed E-state index contributed by atoms with van der Waals surface area (Å²) in [5.41, 5.74) is 16.8. The Morgan fingerprint density at radius 2 is 1.11 bits per heavy atom. The van der Waals surface area contributed by atoms with E-state index in [1.165, 1.54) is 60.8 Å². The number of aliphatic imine (C=N–C) groups is 1. The van der Waals surface area contributed by atoms with Crippen molar-refractivity contribution in [2.24, 2.45) is 4.99 Å². The molecule has 0 bridgehead atoms. The van der Waals surface area contributed by atoms with Crippen molar-refractivity contribution in [1.29, 1.82) is 0 Å². The molecule has 0 saturated carbocycles. The average Bonchev–Trinajstić information content (AvgIpc) is 3.75. The lowest BCUT2D eigenvalue weighted by molar-refractivity contribution is 0.420. The van der Waals surface area contributed by atoms with Crippen molar-refractivity contribution in [2.45, 2.75) is 25.3 Å². The van der Waals surface area contributed by atoms with E-state index in [4.69, 9.17) is 9.73 Å². The van der Waals surface area contributed by atoms with Crippen molar-refractivity contribution in [3.8, 4) is 50.3 Å². The summed E-state index contributed by atoms with van der Waals surface area (Å²) in [6, 6.07) is 65.3. The van der Waals surface area contributed by atoms with Gasteiger partial charge >= 0.3 is 0 Å². The number of benzene rings is 8. The second-order valence-electron chi connectivity index (χ2n) is 15.6. The normalized spacial score (nSPS) is 16.0. The number of rotatable bonds is 5. The minimum absolute atomic E-state index is 0.0923. The monoisotopic (exact) mass is 718 g/mol. The third kappa shape index (κ3) is 5.08. The molecule has 2 heterocycles. The lowest BCUT2D eigenvalue weighted by Crippen LogP contribution is -2.33. The highest BCUT2D eigenvalue weighted by Crippen LogP contribution is 2.55. The van der Waals surface area contributed by atoms with E-state index in [-0.39, 0.29) is 11.5 Å². The second kappa shape index (κ2) is 12.5. The first kappa shape index (κ1) is 32.5. The van der Waals surface area contributed by atoms with Crippen LogP contribution < -0.4 is 10.1 Å². The van der Waals surface area contributed by atoms with Crippen LogP contribution in [0.2, 0.25) is 0 Å². The number of hydrogen-bond donors (Lipinski definition) is 1. The summed E-state index contributed by atoms with van der Waals surface area (Å²) < 4.78 is 6.37. The van der Waals surface area contributed by atoms with E-state index in [2.05, 4.69) is 171 Å². The van der Waals surface area contributed by atoms with E-state index in [1.54, 1.807) is 0 Å². The fraction of sp³-hybridized carbons (Fsp3) is 0.0755. The van der Waals surface area contributed by atoms with Crippen molar-refractivity contribution >= 4 is 22.3 Å². The SMILES string of the molecule is CC1(C)c2cc(-c3ccc(-c4ccc(C5=NC(c6ccccc6)=C6Oc7ccccc7C6N5)cc4)cc3)ccc2-c2c(-c3ccccc3)cc3ccccc3c21. The van der Waals surface area contributed by atoms with Crippen LogP contribution >= 0.6 is 0 Å². The van der Waals surface area contributed by atoms with E-state index in [1.807, 2.05) is 30.3 Å². The first-order valence-corrected chi connectivity index (χ1v) is 19.4. The lowest BCUT2D eigenvalue weighted by Gasteiger charge is -2.24. The second-order valence-corrected chi connectivity index (χ2v) is 15.6. The molecule has 56 heavy (non-hydrogen) atoms. The molecule has 2 aliphatic heterocycles. The van der Waals surface area contributed by atoms with Gasteiger partial charge < -0.3 is 10.1 Å². The van der Waals surface area contributed by atoms with Gasteiger partial charge in [-0.3, -0.25) is 0 Å². The highest BCUT2D eigenvalue weighted by molar-refractivity contribution is 6.06. The molecule has 0 radical (unpaired) electrons. The Labute approximate surface area is 327 Å². The Morgan fingerprint density at radius 3 is 1.84 bits per heavy atom. The fourth-order valence-corrected chi connectivity index (χ4v) is 9.14. The van der Waals surface area contributed by atoms with Crippen molar-refractivity contribution < 1.29 is 4.74 Å². The van der Waals surface area contributed by atoms with E-state index < -0.39 is 0 Å². The fourth-order valence-electron chi connectivity index (χ4n) is 9.14. The van der Waals surface area contributed by atoms with Gasteiger partial charge in [0, 0.05) is 22.1 Å². The van der Waals surface area contributed by atoms with Crippen molar-refractivity contribution in [1.82, 2.24) is 5.32 Å². The van der Waals surface area contributed by atoms with Gasteiger partial charge in [-0.25, -0.2) is 4.99 Å².